The van der Waals surface area contributed by atoms with Crippen molar-refractivity contribution in [3.63, 3.8) is 0 Å². The molecular weight excluding hydrogens is 283 g/mol. The highest BCUT2D eigenvalue weighted by atomic mass is 32.2. The van der Waals surface area contributed by atoms with Crippen LogP contribution in [0.15, 0.2) is 23.1 Å². The van der Waals surface area contributed by atoms with Gasteiger partial charge < -0.3 is 11.1 Å². The Morgan fingerprint density at radius 1 is 1.40 bits per heavy atom. The van der Waals surface area contributed by atoms with Crippen LogP contribution in [-0.4, -0.2) is 26.6 Å². The third-order valence-corrected chi connectivity index (χ3v) is 4.64. The number of halogens is 1. The molecule has 1 fully saturated rings. The molecule has 2 unspecified atom stereocenters. The Kier molecular flexibility index (Phi) is 4.10. The van der Waals surface area contributed by atoms with E-state index in [-0.39, 0.29) is 28.4 Å². The van der Waals surface area contributed by atoms with E-state index in [0.29, 0.717) is 6.42 Å². The topological polar surface area (TPSA) is 89.3 Å². The number of carbonyl (C=O) groups excluding carboxylic acids is 1. The smallest absolute Gasteiger partial charge is 0.229 e. The molecule has 110 valence electrons. The summed E-state index contributed by atoms with van der Waals surface area (Å²) in [6, 6.07) is 3.10. The molecule has 1 aliphatic rings. The van der Waals surface area contributed by atoms with Crippen molar-refractivity contribution < 1.29 is 17.6 Å². The second-order valence-corrected chi connectivity index (χ2v) is 7.12. The lowest BCUT2D eigenvalue weighted by Crippen LogP contribution is -2.34. The van der Waals surface area contributed by atoms with Gasteiger partial charge in [-0.1, -0.05) is 6.42 Å². The minimum absolute atomic E-state index is 0.0371. The number of hydrogen-bond donors (Lipinski definition) is 2. The molecule has 0 aromatic heterocycles. The average molecular weight is 300 g/mol. The molecule has 1 aromatic carbocycles. The van der Waals surface area contributed by atoms with E-state index in [2.05, 4.69) is 5.32 Å². The molecule has 0 aliphatic heterocycles. The fourth-order valence-electron chi connectivity index (χ4n) is 2.37. The molecule has 1 aliphatic carbocycles. The number of sulfone groups is 1. The second-order valence-electron chi connectivity index (χ2n) is 5.10. The summed E-state index contributed by atoms with van der Waals surface area (Å²) in [6.07, 6.45) is 3.33. The second kappa shape index (κ2) is 5.49. The molecule has 5 nitrogen and oxygen atoms in total. The van der Waals surface area contributed by atoms with Crippen LogP contribution < -0.4 is 11.1 Å². The van der Waals surface area contributed by atoms with Crippen molar-refractivity contribution in [1.29, 1.82) is 0 Å². The summed E-state index contributed by atoms with van der Waals surface area (Å²) < 4.78 is 36.5. The fourth-order valence-corrected chi connectivity index (χ4v) is 3.02. The molecule has 0 heterocycles. The lowest BCUT2D eigenvalue weighted by molar-refractivity contribution is -0.120. The van der Waals surface area contributed by atoms with Crippen LogP contribution in [0.4, 0.5) is 10.1 Å². The van der Waals surface area contributed by atoms with Crippen LogP contribution >= 0.6 is 0 Å². The molecule has 20 heavy (non-hydrogen) atoms. The summed E-state index contributed by atoms with van der Waals surface area (Å²) in [4.78, 5) is 12.0. The Balaban J connectivity index is 2.22. The van der Waals surface area contributed by atoms with Crippen LogP contribution in [-0.2, 0) is 14.6 Å². The summed E-state index contributed by atoms with van der Waals surface area (Å²) in [5, 5.41) is 2.44. The van der Waals surface area contributed by atoms with E-state index < -0.39 is 15.7 Å². The molecule has 0 radical (unpaired) electrons. The van der Waals surface area contributed by atoms with Gasteiger partial charge in [-0.2, -0.15) is 0 Å². The van der Waals surface area contributed by atoms with Crippen molar-refractivity contribution in [3.8, 4) is 0 Å². The van der Waals surface area contributed by atoms with Crippen LogP contribution in [0.3, 0.4) is 0 Å². The number of benzene rings is 1. The first-order valence-electron chi connectivity index (χ1n) is 6.35. The van der Waals surface area contributed by atoms with Gasteiger partial charge in [0, 0.05) is 12.3 Å². The molecule has 0 bridgehead atoms. The molecule has 7 heteroatoms. The minimum atomic E-state index is -3.45. The summed E-state index contributed by atoms with van der Waals surface area (Å²) in [5.41, 5.74) is 5.69. The van der Waals surface area contributed by atoms with Gasteiger partial charge in [0.25, 0.3) is 0 Å². The zero-order chi connectivity index (χ0) is 14.9. The monoisotopic (exact) mass is 300 g/mol. The quantitative estimate of drug-likeness (QED) is 0.823. The maximum absolute atomic E-state index is 13.7. The van der Waals surface area contributed by atoms with Crippen molar-refractivity contribution >= 4 is 21.4 Å². The Labute approximate surface area is 117 Å². The molecular formula is C13H17FN2O3S. The van der Waals surface area contributed by atoms with Gasteiger partial charge in [-0.05, 0) is 31.0 Å². The van der Waals surface area contributed by atoms with Gasteiger partial charge in [0.15, 0.2) is 9.84 Å². The average Bonchev–Trinajstić information content (AvgIpc) is 2.77. The van der Waals surface area contributed by atoms with Crippen molar-refractivity contribution in [2.45, 2.75) is 30.2 Å². The van der Waals surface area contributed by atoms with Gasteiger partial charge in [0.05, 0.1) is 16.5 Å². The zero-order valence-electron chi connectivity index (χ0n) is 11.1. The largest absolute Gasteiger partial charge is 0.327 e. The van der Waals surface area contributed by atoms with Crippen molar-refractivity contribution in [1.82, 2.24) is 0 Å². The predicted octanol–water partition coefficient (Wildman–Crippen LogP) is 1.30. The summed E-state index contributed by atoms with van der Waals surface area (Å²) in [7, 11) is -3.45. The highest BCUT2D eigenvalue weighted by Crippen LogP contribution is 2.26. The van der Waals surface area contributed by atoms with E-state index in [1.807, 2.05) is 0 Å². The SMILES string of the molecule is CS(=O)(=O)c1ccc(F)c(NC(=O)C2CCCC2N)c1. The Morgan fingerprint density at radius 3 is 2.65 bits per heavy atom. The van der Waals surface area contributed by atoms with Crippen LogP contribution in [0.1, 0.15) is 19.3 Å². The van der Waals surface area contributed by atoms with E-state index in [1.165, 1.54) is 6.07 Å². The molecule has 0 saturated heterocycles. The first kappa shape index (κ1) is 14.9. The summed E-state index contributed by atoms with van der Waals surface area (Å²) in [5.74, 6) is -1.38. The lowest BCUT2D eigenvalue weighted by atomic mass is 10.0. The molecule has 2 rings (SSSR count). The standard InChI is InChI=1S/C13H17FN2O3S/c1-20(18,19)8-5-6-10(14)12(7-8)16-13(17)9-3-2-4-11(9)15/h5-7,9,11H,2-4,15H2,1H3,(H,16,17). The van der Waals surface area contributed by atoms with Crippen molar-refractivity contribution in [2.75, 3.05) is 11.6 Å². The first-order valence-corrected chi connectivity index (χ1v) is 8.24. The van der Waals surface area contributed by atoms with E-state index in [0.717, 1.165) is 31.2 Å². The van der Waals surface area contributed by atoms with Crippen LogP contribution in [0.2, 0.25) is 0 Å². The van der Waals surface area contributed by atoms with Crippen LogP contribution in [0.5, 0.6) is 0 Å². The van der Waals surface area contributed by atoms with Crippen molar-refractivity contribution in [2.24, 2.45) is 11.7 Å². The maximum Gasteiger partial charge on any atom is 0.229 e. The van der Waals surface area contributed by atoms with E-state index in [1.54, 1.807) is 0 Å². The molecule has 1 aromatic rings. The molecule has 1 amide bonds. The van der Waals surface area contributed by atoms with E-state index in [4.69, 9.17) is 5.73 Å². The van der Waals surface area contributed by atoms with Crippen molar-refractivity contribution in [3.05, 3.63) is 24.0 Å². The third-order valence-electron chi connectivity index (χ3n) is 3.53. The highest BCUT2D eigenvalue weighted by molar-refractivity contribution is 7.90. The normalized spacial score (nSPS) is 22.8. The van der Waals surface area contributed by atoms with Gasteiger partial charge in [-0.3, -0.25) is 4.79 Å². The predicted molar refractivity (Wildman–Crippen MR) is 73.5 cm³/mol. The fraction of sp³-hybridized carbons (Fsp3) is 0.462. The van der Waals surface area contributed by atoms with Gasteiger partial charge >= 0.3 is 0 Å². The van der Waals surface area contributed by atoms with E-state index in [9.17, 15) is 17.6 Å². The minimum Gasteiger partial charge on any atom is -0.327 e. The molecule has 1 saturated carbocycles. The Bertz CT molecular complexity index is 631. The maximum atomic E-state index is 13.7. The number of rotatable bonds is 3. The number of amides is 1. The molecule has 2 atom stereocenters. The number of hydrogen-bond acceptors (Lipinski definition) is 4. The van der Waals surface area contributed by atoms with Crippen LogP contribution in [0.25, 0.3) is 0 Å². The first-order chi connectivity index (χ1) is 9.29. The number of nitrogens with one attached hydrogen (secondary N) is 1. The number of nitrogens with two attached hydrogens (primary N) is 1. The summed E-state index contributed by atoms with van der Waals surface area (Å²) >= 11 is 0. The third kappa shape index (κ3) is 3.16. The highest BCUT2D eigenvalue weighted by Gasteiger charge is 2.30. The number of anilines is 1. The lowest BCUT2D eigenvalue weighted by Gasteiger charge is -2.15. The van der Waals surface area contributed by atoms with Gasteiger partial charge in [0.2, 0.25) is 5.91 Å². The summed E-state index contributed by atoms with van der Waals surface area (Å²) in [6.45, 7) is 0. The Hall–Kier alpha value is -1.47. The molecule has 0 spiro atoms. The van der Waals surface area contributed by atoms with Gasteiger partial charge in [0.1, 0.15) is 5.82 Å². The van der Waals surface area contributed by atoms with Gasteiger partial charge in [-0.25, -0.2) is 12.8 Å². The Morgan fingerprint density at radius 2 is 2.10 bits per heavy atom. The number of carbonyl (C=O) groups is 1. The van der Waals surface area contributed by atoms with E-state index >= 15 is 0 Å². The zero-order valence-corrected chi connectivity index (χ0v) is 11.9. The molecule has 3 N–H and O–H groups in total. The van der Waals surface area contributed by atoms with Crippen LogP contribution in [0, 0.1) is 11.7 Å². The van der Waals surface area contributed by atoms with Gasteiger partial charge in [-0.15, -0.1) is 0 Å².